The van der Waals surface area contributed by atoms with Gasteiger partial charge in [-0.05, 0) is 46.5 Å². The fourth-order valence-electron chi connectivity index (χ4n) is 2.53. The van der Waals surface area contributed by atoms with E-state index >= 15 is 0 Å². The Hall–Kier alpha value is -3.88. The highest BCUT2D eigenvalue weighted by Crippen LogP contribution is 2.14. The van der Waals surface area contributed by atoms with E-state index in [-0.39, 0.29) is 0 Å². The van der Waals surface area contributed by atoms with Gasteiger partial charge in [0.15, 0.2) is 0 Å². The first-order valence-corrected chi connectivity index (χ1v) is 8.23. The third kappa shape index (κ3) is 4.57. The molecule has 122 valence electrons. The SMILES string of the molecule is N#Cc1cccc(/C=C\c2ccc(/C=C\c3cccc(C#N)c3)cc2)c1. The first kappa shape index (κ1) is 17.0. The van der Waals surface area contributed by atoms with Crippen molar-refractivity contribution in [3.63, 3.8) is 0 Å². The van der Waals surface area contributed by atoms with Crippen molar-refractivity contribution in [2.75, 3.05) is 0 Å². The van der Waals surface area contributed by atoms with E-state index in [0.717, 1.165) is 22.3 Å². The minimum atomic E-state index is 0.660. The Morgan fingerprint density at radius 2 is 0.885 bits per heavy atom. The van der Waals surface area contributed by atoms with Gasteiger partial charge in [0.2, 0.25) is 0 Å². The highest BCUT2D eigenvalue weighted by atomic mass is 14.2. The Morgan fingerprint density at radius 3 is 1.27 bits per heavy atom. The van der Waals surface area contributed by atoms with Crippen molar-refractivity contribution >= 4 is 24.3 Å². The van der Waals surface area contributed by atoms with Crippen molar-refractivity contribution in [3.8, 4) is 12.1 Å². The maximum Gasteiger partial charge on any atom is 0.0991 e. The van der Waals surface area contributed by atoms with Crippen LogP contribution in [0.3, 0.4) is 0 Å². The summed E-state index contributed by atoms with van der Waals surface area (Å²) in [5.41, 5.74) is 5.52. The molecule has 0 heterocycles. The van der Waals surface area contributed by atoms with Gasteiger partial charge in [-0.15, -0.1) is 0 Å². The minimum absolute atomic E-state index is 0.660. The Balaban J connectivity index is 1.70. The number of hydrogen-bond donors (Lipinski definition) is 0. The van der Waals surface area contributed by atoms with Crippen LogP contribution >= 0.6 is 0 Å². The second-order valence-electron chi connectivity index (χ2n) is 5.81. The molecule has 3 rings (SSSR count). The number of hydrogen-bond acceptors (Lipinski definition) is 2. The number of rotatable bonds is 4. The molecule has 0 aliphatic rings. The first-order valence-electron chi connectivity index (χ1n) is 8.23. The molecule has 0 bridgehead atoms. The van der Waals surface area contributed by atoms with Crippen LogP contribution in [0.15, 0.2) is 72.8 Å². The van der Waals surface area contributed by atoms with Crippen LogP contribution < -0.4 is 0 Å². The standard InChI is InChI=1S/C24H16N2/c25-17-23-5-1-3-21(15-23)13-11-19-7-9-20(10-8-19)12-14-22-4-2-6-24(16-22)18-26/h1-16H/b13-11-,14-12-. The fourth-order valence-corrected chi connectivity index (χ4v) is 2.53. The van der Waals surface area contributed by atoms with E-state index in [9.17, 15) is 0 Å². The quantitative estimate of drug-likeness (QED) is 0.569. The van der Waals surface area contributed by atoms with Crippen LogP contribution in [-0.2, 0) is 0 Å². The third-order valence-electron chi connectivity index (χ3n) is 3.90. The second-order valence-corrected chi connectivity index (χ2v) is 5.81. The molecule has 0 atom stereocenters. The van der Waals surface area contributed by atoms with Crippen molar-refractivity contribution in [2.45, 2.75) is 0 Å². The molecule has 0 spiro atoms. The molecule has 0 aliphatic carbocycles. The van der Waals surface area contributed by atoms with Gasteiger partial charge in [0.1, 0.15) is 0 Å². The van der Waals surface area contributed by atoms with Gasteiger partial charge in [0, 0.05) is 0 Å². The topological polar surface area (TPSA) is 47.6 Å². The molecule has 3 aromatic carbocycles. The van der Waals surface area contributed by atoms with Gasteiger partial charge in [-0.2, -0.15) is 10.5 Å². The predicted octanol–water partition coefficient (Wildman–Crippen LogP) is 5.77. The molecule has 26 heavy (non-hydrogen) atoms. The largest absolute Gasteiger partial charge is 0.192 e. The van der Waals surface area contributed by atoms with Crippen LogP contribution in [0.4, 0.5) is 0 Å². The summed E-state index contributed by atoms with van der Waals surface area (Å²) in [7, 11) is 0. The molecular weight excluding hydrogens is 316 g/mol. The molecule has 2 nitrogen and oxygen atoms in total. The Kier molecular flexibility index (Phi) is 5.41. The summed E-state index contributed by atoms with van der Waals surface area (Å²) in [5, 5.41) is 17.9. The zero-order valence-electron chi connectivity index (χ0n) is 14.1. The summed E-state index contributed by atoms with van der Waals surface area (Å²) >= 11 is 0. The molecular formula is C24H16N2. The normalized spacial score (nSPS) is 10.7. The van der Waals surface area contributed by atoms with Crippen molar-refractivity contribution in [2.24, 2.45) is 0 Å². The molecule has 0 saturated heterocycles. The third-order valence-corrected chi connectivity index (χ3v) is 3.90. The summed E-state index contributed by atoms with van der Waals surface area (Å²) in [6.45, 7) is 0. The lowest BCUT2D eigenvalue weighted by atomic mass is 10.1. The second kappa shape index (κ2) is 8.29. The molecule has 0 saturated carbocycles. The summed E-state index contributed by atoms with van der Waals surface area (Å²) in [4.78, 5) is 0. The molecule has 0 unspecified atom stereocenters. The lowest BCUT2D eigenvalue weighted by Crippen LogP contribution is -1.78. The van der Waals surface area contributed by atoms with Crippen molar-refractivity contribution in [1.29, 1.82) is 10.5 Å². The zero-order chi connectivity index (χ0) is 18.2. The predicted molar refractivity (Wildman–Crippen MR) is 107 cm³/mol. The van der Waals surface area contributed by atoms with Gasteiger partial charge in [0.25, 0.3) is 0 Å². The first-order chi connectivity index (χ1) is 12.8. The van der Waals surface area contributed by atoms with Crippen LogP contribution in [0.5, 0.6) is 0 Å². The number of nitrogens with zero attached hydrogens (tertiary/aromatic N) is 2. The molecule has 0 aliphatic heterocycles. The lowest BCUT2D eigenvalue weighted by Gasteiger charge is -1.98. The van der Waals surface area contributed by atoms with E-state index in [4.69, 9.17) is 10.5 Å². The van der Waals surface area contributed by atoms with Crippen LogP contribution in [0.25, 0.3) is 24.3 Å². The molecule has 2 heteroatoms. The Bertz CT molecular complexity index is 956. The van der Waals surface area contributed by atoms with Gasteiger partial charge in [-0.25, -0.2) is 0 Å². The summed E-state index contributed by atoms with van der Waals surface area (Å²) < 4.78 is 0. The van der Waals surface area contributed by atoms with Crippen LogP contribution in [0.1, 0.15) is 33.4 Å². The lowest BCUT2D eigenvalue weighted by molar-refractivity contribution is 1.48. The Morgan fingerprint density at radius 1 is 0.500 bits per heavy atom. The van der Waals surface area contributed by atoms with Gasteiger partial charge in [-0.1, -0.05) is 72.8 Å². The fraction of sp³-hybridized carbons (Fsp3) is 0. The zero-order valence-corrected chi connectivity index (χ0v) is 14.1. The molecule has 0 fully saturated rings. The van der Waals surface area contributed by atoms with Gasteiger partial charge in [0.05, 0.1) is 23.3 Å². The highest BCUT2D eigenvalue weighted by Gasteiger charge is 1.94. The van der Waals surface area contributed by atoms with E-state index in [1.165, 1.54) is 0 Å². The average molecular weight is 332 g/mol. The number of benzene rings is 3. The highest BCUT2D eigenvalue weighted by molar-refractivity contribution is 5.73. The van der Waals surface area contributed by atoms with E-state index in [1.807, 2.05) is 60.7 Å². The monoisotopic (exact) mass is 332 g/mol. The average Bonchev–Trinajstić information content (AvgIpc) is 2.72. The molecule has 0 N–H and O–H groups in total. The summed E-state index contributed by atoms with van der Waals surface area (Å²) in [6, 6.07) is 27.5. The molecule has 0 amide bonds. The van der Waals surface area contributed by atoms with Crippen LogP contribution in [-0.4, -0.2) is 0 Å². The maximum absolute atomic E-state index is 8.94. The van der Waals surface area contributed by atoms with Crippen molar-refractivity contribution < 1.29 is 0 Å². The van der Waals surface area contributed by atoms with Gasteiger partial charge >= 0.3 is 0 Å². The molecule has 0 radical (unpaired) electrons. The van der Waals surface area contributed by atoms with E-state index in [1.54, 1.807) is 12.1 Å². The van der Waals surface area contributed by atoms with Crippen molar-refractivity contribution in [3.05, 3.63) is 106 Å². The summed E-state index contributed by atoms with van der Waals surface area (Å²) in [6.07, 6.45) is 8.05. The van der Waals surface area contributed by atoms with Crippen molar-refractivity contribution in [1.82, 2.24) is 0 Å². The maximum atomic E-state index is 8.94. The molecule has 3 aromatic rings. The van der Waals surface area contributed by atoms with E-state index in [0.29, 0.717) is 11.1 Å². The smallest absolute Gasteiger partial charge is 0.0991 e. The number of nitriles is 2. The molecule has 0 aromatic heterocycles. The summed E-state index contributed by atoms with van der Waals surface area (Å²) in [5.74, 6) is 0. The van der Waals surface area contributed by atoms with Crippen LogP contribution in [0, 0.1) is 22.7 Å². The van der Waals surface area contributed by atoms with Crippen LogP contribution in [0.2, 0.25) is 0 Å². The van der Waals surface area contributed by atoms with E-state index in [2.05, 4.69) is 36.4 Å². The minimum Gasteiger partial charge on any atom is -0.192 e. The Labute approximate surface area is 153 Å². The van der Waals surface area contributed by atoms with Gasteiger partial charge in [-0.3, -0.25) is 0 Å². The van der Waals surface area contributed by atoms with Gasteiger partial charge < -0.3 is 0 Å². The van der Waals surface area contributed by atoms with E-state index < -0.39 is 0 Å².